The van der Waals surface area contributed by atoms with Crippen LogP contribution >= 0.6 is 0 Å². The zero-order chi connectivity index (χ0) is 15.9. The largest absolute Gasteiger partial charge is 0.489 e. The van der Waals surface area contributed by atoms with Crippen molar-refractivity contribution in [3.8, 4) is 5.75 Å². The Bertz CT molecular complexity index is 712. The molecule has 0 saturated carbocycles. The lowest BCUT2D eigenvalue weighted by molar-refractivity contribution is 0.303. The summed E-state index contributed by atoms with van der Waals surface area (Å²) in [4.78, 5) is 0. The summed E-state index contributed by atoms with van der Waals surface area (Å²) in [5.41, 5.74) is 11.9. The number of nitrogens with zero attached hydrogens (tertiary/aromatic N) is 2. The van der Waals surface area contributed by atoms with Crippen LogP contribution in [0.2, 0.25) is 0 Å². The van der Waals surface area contributed by atoms with Gasteiger partial charge in [0.15, 0.2) is 11.6 Å². The fourth-order valence-electron chi connectivity index (χ4n) is 1.68. The maximum absolute atomic E-state index is 13.1. The summed E-state index contributed by atoms with van der Waals surface area (Å²) >= 11 is 0. The van der Waals surface area contributed by atoms with Crippen LogP contribution in [-0.4, -0.2) is 12.2 Å². The highest BCUT2D eigenvalue weighted by Gasteiger charge is 2.05. The van der Waals surface area contributed by atoms with Gasteiger partial charge in [0.2, 0.25) is 5.96 Å². The maximum atomic E-state index is 13.1. The summed E-state index contributed by atoms with van der Waals surface area (Å²) in [6.45, 7) is 0.162. The molecule has 7 heteroatoms. The maximum Gasteiger partial charge on any atom is 0.211 e. The molecule has 5 nitrogen and oxygen atoms in total. The summed E-state index contributed by atoms with van der Waals surface area (Å²) in [6, 6.07) is 10.6. The summed E-state index contributed by atoms with van der Waals surface area (Å²) in [7, 11) is 0. The fraction of sp³-hybridized carbons (Fsp3) is 0.0667. The molecule has 0 heterocycles. The zero-order valence-electron chi connectivity index (χ0n) is 11.5. The molecule has 2 rings (SSSR count). The first-order valence-electron chi connectivity index (χ1n) is 6.34. The second-order valence-corrected chi connectivity index (χ2v) is 4.33. The highest BCUT2D eigenvalue weighted by Crippen LogP contribution is 2.17. The van der Waals surface area contributed by atoms with Crippen molar-refractivity contribution in [2.45, 2.75) is 6.61 Å². The summed E-state index contributed by atoms with van der Waals surface area (Å²) < 4.78 is 31.4. The SMILES string of the molecule is NC(N)=NN=Cc1ccccc1COc1ccc(F)c(F)c1. The van der Waals surface area contributed by atoms with E-state index in [4.69, 9.17) is 16.2 Å². The topological polar surface area (TPSA) is 86.0 Å². The second-order valence-electron chi connectivity index (χ2n) is 4.33. The molecule has 2 aromatic rings. The van der Waals surface area contributed by atoms with Gasteiger partial charge in [0.1, 0.15) is 12.4 Å². The molecule has 0 unspecified atom stereocenters. The Kier molecular flexibility index (Phi) is 5.02. The molecule has 0 aromatic heterocycles. The average molecular weight is 304 g/mol. The smallest absolute Gasteiger partial charge is 0.211 e. The average Bonchev–Trinajstić information content (AvgIpc) is 2.49. The minimum atomic E-state index is -0.958. The van der Waals surface area contributed by atoms with Gasteiger partial charge in [-0.05, 0) is 17.7 Å². The molecule has 0 aliphatic rings. The number of benzene rings is 2. The first-order chi connectivity index (χ1) is 10.6. The predicted octanol–water partition coefficient (Wildman–Crippen LogP) is 2.15. The molecule has 0 aliphatic heterocycles. The number of hydrogen-bond donors (Lipinski definition) is 2. The lowest BCUT2D eigenvalue weighted by atomic mass is 10.1. The van der Waals surface area contributed by atoms with Crippen molar-refractivity contribution in [2.75, 3.05) is 0 Å². The molecule has 0 radical (unpaired) electrons. The number of ether oxygens (including phenoxy) is 1. The Hall–Kier alpha value is -2.96. The molecule has 2 aromatic carbocycles. The lowest BCUT2D eigenvalue weighted by Gasteiger charge is -2.08. The normalized spacial score (nSPS) is 10.6. The van der Waals surface area contributed by atoms with Gasteiger partial charge in [-0.25, -0.2) is 8.78 Å². The van der Waals surface area contributed by atoms with Crippen LogP contribution in [0, 0.1) is 11.6 Å². The molecule has 0 atom stereocenters. The Labute approximate surface area is 125 Å². The van der Waals surface area contributed by atoms with Crippen LogP contribution in [0.3, 0.4) is 0 Å². The van der Waals surface area contributed by atoms with Crippen LogP contribution < -0.4 is 16.2 Å². The molecule has 4 N–H and O–H groups in total. The van der Waals surface area contributed by atoms with E-state index in [-0.39, 0.29) is 18.3 Å². The Morgan fingerprint density at radius 1 is 1.09 bits per heavy atom. The number of halogens is 2. The minimum absolute atomic E-state index is 0.147. The van der Waals surface area contributed by atoms with Gasteiger partial charge in [-0.2, -0.15) is 5.10 Å². The van der Waals surface area contributed by atoms with Crippen LogP contribution in [0.5, 0.6) is 5.75 Å². The molecule has 0 aliphatic carbocycles. The van der Waals surface area contributed by atoms with Crippen LogP contribution in [0.1, 0.15) is 11.1 Å². The number of guanidine groups is 1. The lowest BCUT2D eigenvalue weighted by Crippen LogP contribution is -2.21. The first kappa shape index (κ1) is 15.4. The van der Waals surface area contributed by atoms with Crippen molar-refractivity contribution in [1.82, 2.24) is 0 Å². The van der Waals surface area contributed by atoms with Gasteiger partial charge >= 0.3 is 0 Å². The number of nitrogens with two attached hydrogens (primary N) is 2. The molecule has 0 fully saturated rings. The molecular formula is C15H14F2N4O. The van der Waals surface area contributed by atoms with E-state index < -0.39 is 11.6 Å². The van der Waals surface area contributed by atoms with Crippen molar-refractivity contribution in [3.63, 3.8) is 0 Å². The molecule has 0 amide bonds. The van der Waals surface area contributed by atoms with Gasteiger partial charge < -0.3 is 16.2 Å². The molecule has 22 heavy (non-hydrogen) atoms. The van der Waals surface area contributed by atoms with Crippen molar-refractivity contribution >= 4 is 12.2 Å². The van der Waals surface area contributed by atoms with Crippen LogP contribution in [0.4, 0.5) is 8.78 Å². The summed E-state index contributed by atoms with van der Waals surface area (Å²) in [5, 5.41) is 7.24. The third kappa shape index (κ3) is 4.27. The summed E-state index contributed by atoms with van der Waals surface area (Å²) in [5.74, 6) is -1.79. The standard InChI is InChI=1S/C15H14F2N4O/c16-13-6-5-12(7-14(13)17)22-9-11-4-2-1-3-10(11)8-20-21-15(18)19/h1-8H,9H2,(H4,18,19,21). The fourth-order valence-corrected chi connectivity index (χ4v) is 1.68. The van der Waals surface area contributed by atoms with E-state index in [9.17, 15) is 8.78 Å². The predicted molar refractivity (Wildman–Crippen MR) is 80.5 cm³/mol. The van der Waals surface area contributed by atoms with E-state index in [1.807, 2.05) is 18.2 Å². The minimum Gasteiger partial charge on any atom is -0.489 e. The Morgan fingerprint density at radius 2 is 1.86 bits per heavy atom. The molecule has 0 bridgehead atoms. The van der Waals surface area contributed by atoms with E-state index in [2.05, 4.69) is 10.2 Å². The van der Waals surface area contributed by atoms with Gasteiger partial charge in [-0.15, -0.1) is 5.10 Å². The third-order valence-corrected chi connectivity index (χ3v) is 2.71. The van der Waals surface area contributed by atoms with E-state index in [0.717, 1.165) is 23.3 Å². The van der Waals surface area contributed by atoms with Crippen LogP contribution in [0.25, 0.3) is 0 Å². The molecular weight excluding hydrogens is 290 g/mol. The van der Waals surface area contributed by atoms with Gasteiger partial charge in [-0.1, -0.05) is 24.3 Å². The van der Waals surface area contributed by atoms with Crippen LogP contribution in [0.15, 0.2) is 52.7 Å². The number of rotatable bonds is 5. The van der Waals surface area contributed by atoms with Gasteiger partial charge in [0, 0.05) is 11.6 Å². The Morgan fingerprint density at radius 3 is 2.59 bits per heavy atom. The van der Waals surface area contributed by atoms with Crippen LogP contribution in [-0.2, 0) is 6.61 Å². The molecule has 114 valence electrons. The van der Waals surface area contributed by atoms with E-state index in [0.29, 0.717) is 0 Å². The molecule has 0 saturated heterocycles. The highest BCUT2D eigenvalue weighted by atomic mass is 19.2. The highest BCUT2D eigenvalue weighted by molar-refractivity contribution is 5.83. The summed E-state index contributed by atoms with van der Waals surface area (Å²) in [6.07, 6.45) is 1.48. The van der Waals surface area contributed by atoms with Gasteiger partial charge in [0.05, 0.1) is 6.21 Å². The van der Waals surface area contributed by atoms with E-state index in [1.165, 1.54) is 12.3 Å². The third-order valence-electron chi connectivity index (χ3n) is 2.71. The first-order valence-corrected chi connectivity index (χ1v) is 6.34. The van der Waals surface area contributed by atoms with Gasteiger partial charge in [0.25, 0.3) is 0 Å². The van der Waals surface area contributed by atoms with Crippen molar-refractivity contribution in [3.05, 3.63) is 65.2 Å². The monoisotopic (exact) mass is 304 g/mol. The van der Waals surface area contributed by atoms with Crippen molar-refractivity contribution in [2.24, 2.45) is 21.7 Å². The zero-order valence-corrected chi connectivity index (χ0v) is 11.5. The van der Waals surface area contributed by atoms with Crippen molar-refractivity contribution in [1.29, 1.82) is 0 Å². The number of hydrogen-bond acceptors (Lipinski definition) is 3. The van der Waals surface area contributed by atoms with Crippen molar-refractivity contribution < 1.29 is 13.5 Å². The van der Waals surface area contributed by atoms with E-state index in [1.54, 1.807) is 6.07 Å². The molecule has 0 spiro atoms. The van der Waals surface area contributed by atoms with Gasteiger partial charge in [-0.3, -0.25) is 0 Å². The second kappa shape index (κ2) is 7.16. The van der Waals surface area contributed by atoms with E-state index >= 15 is 0 Å². The quantitative estimate of drug-likeness (QED) is 0.504. The Balaban J connectivity index is 2.11.